The molecule has 2 rings (SSSR count). The summed E-state index contributed by atoms with van der Waals surface area (Å²) in [4.78, 5) is 0. The lowest BCUT2D eigenvalue weighted by Gasteiger charge is -2.37. The molecule has 0 spiro atoms. The van der Waals surface area contributed by atoms with Crippen LogP contribution >= 0.6 is 0 Å². The Morgan fingerprint density at radius 2 is 2.11 bits per heavy atom. The summed E-state index contributed by atoms with van der Waals surface area (Å²) < 4.78 is 5.39. The van der Waals surface area contributed by atoms with Gasteiger partial charge in [-0.1, -0.05) is 19.3 Å². The standard InChI is InChI=1S/C16H28N2O/c1-14(13-15-7-6-12-19-15)18-11-10-16(17-2)8-4-3-5-9-16/h6-7,12,14,17-18H,3-5,8-11,13H2,1-2H3. The molecule has 1 unspecified atom stereocenters. The summed E-state index contributed by atoms with van der Waals surface area (Å²) in [6.07, 6.45) is 10.8. The van der Waals surface area contributed by atoms with E-state index >= 15 is 0 Å². The second-order valence-corrected chi connectivity index (χ2v) is 5.98. The monoisotopic (exact) mass is 264 g/mol. The van der Waals surface area contributed by atoms with Crippen molar-refractivity contribution in [3.8, 4) is 0 Å². The Morgan fingerprint density at radius 1 is 1.32 bits per heavy atom. The van der Waals surface area contributed by atoms with Crippen molar-refractivity contribution in [3.05, 3.63) is 24.2 Å². The van der Waals surface area contributed by atoms with Crippen molar-refractivity contribution in [1.82, 2.24) is 10.6 Å². The van der Waals surface area contributed by atoms with Gasteiger partial charge in [0.05, 0.1) is 6.26 Å². The zero-order valence-corrected chi connectivity index (χ0v) is 12.4. The van der Waals surface area contributed by atoms with Crippen LogP contribution in [0.5, 0.6) is 0 Å². The summed E-state index contributed by atoms with van der Waals surface area (Å²) >= 11 is 0. The molecule has 1 aliphatic rings. The predicted molar refractivity (Wildman–Crippen MR) is 79.4 cm³/mol. The van der Waals surface area contributed by atoms with E-state index in [1.165, 1.54) is 38.5 Å². The van der Waals surface area contributed by atoms with Crippen LogP contribution in [0.2, 0.25) is 0 Å². The van der Waals surface area contributed by atoms with Crippen molar-refractivity contribution >= 4 is 0 Å². The van der Waals surface area contributed by atoms with Crippen LogP contribution in [-0.4, -0.2) is 25.2 Å². The molecular weight excluding hydrogens is 236 g/mol. The van der Waals surface area contributed by atoms with Crippen molar-refractivity contribution in [2.24, 2.45) is 0 Å². The first-order chi connectivity index (χ1) is 9.24. The first-order valence-corrected chi connectivity index (χ1v) is 7.69. The Kier molecular flexibility index (Phi) is 5.46. The maximum atomic E-state index is 5.39. The Hall–Kier alpha value is -0.800. The summed E-state index contributed by atoms with van der Waals surface area (Å²) in [6.45, 7) is 3.32. The third-order valence-corrected chi connectivity index (χ3v) is 4.52. The molecule has 1 atom stereocenters. The lowest BCUT2D eigenvalue weighted by molar-refractivity contribution is 0.225. The first-order valence-electron chi connectivity index (χ1n) is 7.69. The van der Waals surface area contributed by atoms with E-state index in [0.29, 0.717) is 11.6 Å². The molecule has 0 bridgehead atoms. The molecule has 1 saturated carbocycles. The highest BCUT2D eigenvalue weighted by Gasteiger charge is 2.29. The molecule has 0 amide bonds. The normalized spacial score (nSPS) is 20.3. The fraction of sp³-hybridized carbons (Fsp3) is 0.750. The number of hydrogen-bond donors (Lipinski definition) is 2. The van der Waals surface area contributed by atoms with E-state index < -0.39 is 0 Å². The van der Waals surface area contributed by atoms with Crippen LogP contribution in [0.4, 0.5) is 0 Å². The Bertz CT molecular complexity index is 342. The fourth-order valence-electron chi connectivity index (χ4n) is 3.21. The van der Waals surface area contributed by atoms with Crippen molar-refractivity contribution < 1.29 is 4.42 Å². The van der Waals surface area contributed by atoms with E-state index in [9.17, 15) is 0 Å². The van der Waals surface area contributed by atoms with Gasteiger partial charge in [-0.15, -0.1) is 0 Å². The molecule has 1 aliphatic carbocycles. The van der Waals surface area contributed by atoms with Gasteiger partial charge >= 0.3 is 0 Å². The molecule has 0 saturated heterocycles. The van der Waals surface area contributed by atoms with Gasteiger partial charge in [0.15, 0.2) is 0 Å². The largest absolute Gasteiger partial charge is 0.469 e. The molecule has 2 N–H and O–H groups in total. The lowest BCUT2D eigenvalue weighted by atomic mass is 9.79. The van der Waals surface area contributed by atoms with Gasteiger partial charge in [-0.2, -0.15) is 0 Å². The Morgan fingerprint density at radius 3 is 2.74 bits per heavy atom. The second kappa shape index (κ2) is 7.11. The topological polar surface area (TPSA) is 37.2 Å². The molecule has 0 aromatic carbocycles. The highest BCUT2D eigenvalue weighted by atomic mass is 16.3. The zero-order chi connectivity index (χ0) is 13.6. The highest BCUT2D eigenvalue weighted by Crippen LogP contribution is 2.30. The van der Waals surface area contributed by atoms with Gasteiger partial charge in [0.2, 0.25) is 0 Å². The van der Waals surface area contributed by atoms with Gasteiger partial charge in [0.1, 0.15) is 5.76 Å². The minimum absolute atomic E-state index is 0.385. The minimum atomic E-state index is 0.385. The van der Waals surface area contributed by atoms with E-state index in [0.717, 1.165) is 18.7 Å². The van der Waals surface area contributed by atoms with E-state index in [1.54, 1.807) is 6.26 Å². The molecule has 19 heavy (non-hydrogen) atoms. The average Bonchev–Trinajstić information content (AvgIpc) is 2.92. The van der Waals surface area contributed by atoms with E-state index in [4.69, 9.17) is 4.42 Å². The Balaban J connectivity index is 1.69. The SMILES string of the molecule is CNC1(CCNC(C)Cc2ccco2)CCCCC1. The predicted octanol–water partition coefficient (Wildman–Crippen LogP) is 3.11. The third kappa shape index (κ3) is 4.36. The number of rotatable bonds is 7. The molecule has 1 fully saturated rings. The molecule has 3 nitrogen and oxygen atoms in total. The van der Waals surface area contributed by atoms with Gasteiger partial charge < -0.3 is 15.1 Å². The summed E-state index contributed by atoms with van der Waals surface area (Å²) in [5.74, 6) is 1.07. The van der Waals surface area contributed by atoms with E-state index in [-0.39, 0.29) is 0 Å². The number of hydrogen-bond acceptors (Lipinski definition) is 3. The Labute approximate surface area is 117 Å². The van der Waals surface area contributed by atoms with Crippen molar-refractivity contribution in [2.75, 3.05) is 13.6 Å². The first kappa shape index (κ1) is 14.6. The molecule has 1 aromatic heterocycles. The fourth-order valence-corrected chi connectivity index (χ4v) is 3.21. The highest BCUT2D eigenvalue weighted by molar-refractivity contribution is 5.00. The van der Waals surface area contributed by atoms with Gasteiger partial charge in [-0.25, -0.2) is 0 Å². The zero-order valence-electron chi connectivity index (χ0n) is 12.4. The number of nitrogens with one attached hydrogen (secondary N) is 2. The maximum absolute atomic E-state index is 5.39. The molecular formula is C16H28N2O. The molecule has 0 aliphatic heterocycles. The molecule has 108 valence electrons. The van der Waals surface area contributed by atoms with Crippen LogP contribution < -0.4 is 10.6 Å². The summed E-state index contributed by atoms with van der Waals surface area (Å²) in [7, 11) is 2.12. The smallest absolute Gasteiger partial charge is 0.105 e. The quantitative estimate of drug-likeness (QED) is 0.794. The molecule has 1 heterocycles. The second-order valence-electron chi connectivity index (χ2n) is 5.98. The van der Waals surface area contributed by atoms with Crippen LogP contribution in [0, 0.1) is 0 Å². The van der Waals surface area contributed by atoms with Crippen LogP contribution in [0.3, 0.4) is 0 Å². The van der Waals surface area contributed by atoms with Gasteiger partial charge in [0, 0.05) is 18.0 Å². The van der Waals surface area contributed by atoms with Gasteiger partial charge in [-0.05, 0) is 51.9 Å². The van der Waals surface area contributed by atoms with Gasteiger partial charge in [0.25, 0.3) is 0 Å². The average molecular weight is 264 g/mol. The molecule has 0 radical (unpaired) electrons. The summed E-state index contributed by atoms with van der Waals surface area (Å²) in [5, 5.41) is 7.21. The van der Waals surface area contributed by atoms with Crippen molar-refractivity contribution in [3.63, 3.8) is 0 Å². The van der Waals surface area contributed by atoms with Crippen LogP contribution in [-0.2, 0) is 6.42 Å². The minimum Gasteiger partial charge on any atom is -0.469 e. The number of furan rings is 1. The van der Waals surface area contributed by atoms with Crippen LogP contribution in [0.25, 0.3) is 0 Å². The summed E-state index contributed by atoms with van der Waals surface area (Å²) in [6, 6.07) is 4.48. The van der Waals surface area contributed by atoms with Crippen LogP contribution in [0.15, 0.2) is 22.8 Å². The molecule has 1 aromatic rings. The third-order valence-electron chi connectivity index (χ3n) is 4.52. The lowest BCUT2D eigenvalue weighted by Crippen LogP contribution is -2.47. The summed E-state index contributed by atoms with van der Waals surface area (Å²) in [5.41, 5.74) is 0.385. The molecule has 3 heteroatoms. The van der Waals surface area contributed by atoms with E-state index in [1.807, 2.05) is 6.07 Å². The van der Waals surface area contributed by atoms with Crippen LogP contribution in [0.1, 0.15) is 51.2 Å². The van der Waals surface area contributed by atoms with E-state index in [2.05, 4.69) is 30.7 Å². The van der Waals surface area contributed by atoms with Gasteiger partial charge in [-0.3, -0.25) is 0 Å². The van der Waals surface area contributed by atoms with Crippen molar-refractivity contribution in [1.29, 1.82) is 0 Å². The maximum Gasteiger partial charge on any atom is 0.105 e. The van der Waals surface area contributed by atoms with Crippen molar-refractivity contribution in [2.45, 2.75) is 63.5 Å².